The molecule has 4 nitrogen and oxygen atoms in total. The van der Waals surface area contributed by atoms with E-state index in [2.05, 4.69) is 13.8 Å². The van der Waals surface area contributed by atoms with E-state index in [-0.39, 0.29) is 18.1 Å². The molecule has 0 aromatic carbocycles. The van der Waals surface area contributed by atoms with Crippen molar-refractivity contribution in [3.05, 3.63) is 0 Å². The molecule has 0 atom stereocenters. The van der Waals surface area contributed by atoms with Gasteiger partial charge in [0.15, 0.2) is 11.6 Å². The predicted molar refractivity (Wildman–Crippen MR) is 160 cm³/mol. The summed E-state index contributed by atoms with van der Waals surface area (Å²) in [6.45, 7) is 4.67. The fourth-order valence-electron chi connectivity index (χ4n) is 5.33. The number of rotatable bonds is 28. The first-order chi connectivity index (χ1) is 17.7. The highest BCUT2D eigenvalue weighted by Crippen LogP contribution is 2.21. The van der Waals surface area contributed by atoms with Gasteiger partial charge in [0, 0.05) is 12.8 Å². The molecule has 1 N–H and O–H groups in total. The Labute approximate surface area is 232 Å². The molecular weight excluding hydrogens is 458 g/mol. The first kappa shape index (κ1) is 36.3. The number of carbonyl (C=O) groups is 2. The zero-order valence-electron chi connectivity index (χ0n) is 25.9. The van der Waals surface area contributed by atoms with Crippen LogP contribution < -0.4 is 0 Å². The molecule has 0 aliphatic heterocycles. The number of unbranched alkanes of at least 4 members (excludes halogenated alkanes) is 20. The van der Waals surface area contributed by atoms with Crippen LogP contribution in [-0.4, -0.2) is 54.4 Å². The molecule has 0 aromatic heterocycles. The number of nitrogens with zero attached hydrogens (tertiary/aromatic N) is 1. The van der Waals surface area contributed by atoms with E-state index in [1.165, 1.54) is 103 Å². The Morgan fingerprint density at radius 2 is 0.730 bits per heavy atom. The van der Waals surface area contributed by atoms with Gasteiger partial charge in [-0.05, 0) is 12.8 Å². The highest BCUT2D eigenvalue weighted by Gasteiger charge is 2.46. The third-order valence-electron chi connectivity index (χ3n) is 7.64. The number of likely N-dealkylation sites (N-methyl/N-ethyl adjacent to an activating group) is 1. The van der Waals surface area contributed by atoms with Gasteiger partial charge in [-0.1, -0.05) is 142 Å². The van der Waals surface area contributed by atoms with Crippen molar-refractivity contribution in [2.75, 3.05) is 27.7 Å². The van der Waals surface area contributed by atoms with Crippen molar-refractivity contribution in [1.29, 1.82) is 0 Å². The minimum absolute atomic E-state index is 0.167. The Kier molecular flexibility index (Phi) is 22.7. The molecule has 0 radical (unpaired) electrons. The van der Waals surface area contributed by atoms with E-state index in [1.54, 1.807) is 0 Å². The lowest BCUT2D eigenvalue weighted by Crippen LogP contribution is -2.58. The molecule has 0 saturated heterocycles. The zero-order chi connectivity index (χ0) is 27.8. The molecule has 0 unspecified atom stereocenters. The second kappa shape index (κ2) is 23.2. The van der Waals surface area contributed by atoms with Crippen molar-refractivity contribution in [3.63, 3.8) is 0 Å². The van der Waals surface area contributed by atoms with Crippen molar-refractivity contribution in [2.45, 2.75) is 174 Å². The Balaban J connectivity index is 4.21. The van der Waals surface area contributed by atoms with Crippen LogP contribution in [0.2, 0.25) is 0 Å². The van der Waals surface area contributed by atoms with Crippen LogP contribution in [0.25, 0.3) is 0 Å². The normalized spacial score (nSPS) is 12.3. The highest BCUT2D eigenvalue weighted by molar-refractivity contribution is 6.10. The largest absolute Gasteiger partial charge is 0.370 e. The molecular formula is C33H66NO3+. The van der Waals surface area contributed by atoms with Gasteiger partial charge in [0.1, 0.15) is 6.54 Å². The van der Waals surface area contributed by atoms with Gasteiger partial charge in [0.05, 0.1) is 21.1 Å². The first-order valence-electron chi connectivity index (χ1n) is 16.3. The summed E-state index contributed by atoms with van der Waals surface area (Å²) < 4.78 is 0.407. The maximum atomic E-state index is 13.1. The number of carbonyl (C=O) groups excluding carboxylic acids is 2. The van der Waals surface area contributed by atoms with E-state index in [4.69, 9.17) is 0 Å². The van der Waals surface area contributed by atoms with E-state index in [9.17, 15) is 14.7 Å². The second-order valence-electron chi connectivity index (χ2n) is 12.7. The van der Waals surface area contributed by atoms with Crippen LogP contribution in [0, 0.1) is 0 Å². The second-order valence-corrected chi connectivity index (χ2v) is 12.7. The Morgan fingerprint density at radius 3 is 0.973 bits per heavy atom. The third-order valence-corrected chi connectivity index (χ3v) is 7.64. The van der Waals surface area contributed by atoms with Crippen LogP contribution in [0.15, 0.2) is 0 Å². The lowest BCUT2D eigenvalue weighted by Gasteiger charge is -2.33. The first-order valence-corrected chi connectivity index (χ1v) is 16.3. The van der Waals surface area contributed by atoms with Gasteiger partial charge < -0.3 is 9.59 Å². The van der Waals surface area contributed by atoms with Crippen molar-refractivity contribution in [3.8, 4) is 0 Å². The van der Waals surface area contributed by atoms with Crippen LogP contribution >= 0.6 is 0 Å². The van der Waals surface area contributed by atoms with Gasteiger partial charge in [0.2, 0.25) is 5.60 Å². The molecule has 0 rings (SSSR count). The van der Waals surface area contributed by atoms with Crippen molar-refractivity contribution in [1.82, 2.24) is 0 Å². The molecule has 0 aliphatic rings. The fourth-order valence-corrected chi connectivity index (χ4v) is 5.33. The summed E-state index contributed by atoms with van der Waals surface area (Å²) in [6, 6.07) is 0. The fraction of sp³-hybridized carbons (Fsp3) is 0.939. The molecule has 0 amide bonds. The van der Waals surface area contributed by atoms with E-state index >= 15 is 0 Å². The molecule has 220 valence electrons. The van der Waals surface area contributed by atoms with Gasteiger partial charge in [0.25, 0.3) is 0 Å². The SMILES string of the molecule is CCCCCCCCCCCCCC(=O)C(O)(C[N+](C)(C)C)C(=O)CCCCCCCCCCCCC. The number of ketones is 2. The maximum Gasteiger partial charge on any atom is 0.230 e. The monoisotopic (exact) mass is 525 g/mol. The number of hydrogen-bond acceptors (Lipinski definition) is 3. The lowest BCUT2D eigenvalue weighted by molar-refractivity contribution is -0.874. The average molecular weight is 525 g/mol. The van der Waals surface area contributed by atoms with Crippen LogP contribution in [0.3, 0.4) is 0 Å². The van der Waals surface area contributed by atoms with E-state index < -0.39 is 5.60 Å². The summed E-state index contributed by atoms with van der Waals surface area (Å²) in [5.41, 5.74) is -1.82. The molecule has 0 bridgehead atoms. The Morgan fingerprint density at radius 1 is 0.486 bits per heavy atom. The Hall–Kier alpha value is -0.740. The summed E-state index contributed by atoms with van der Waals surface area (Å²) in [7, 11) is 5.82. The van der Waals surface area contributed by atoms with E-state index in [1.807, 2.05) is 21.1 Å². The topological polar surface area (TPSA) is 54.4 Å². The summed E-state index contributed by atoms with van der Waals surface area (Å²) in [6.07, 6.45) is 27.6. The number of Topliss-reactive ketones (excluding diaryl/α,β-unsaturated/α-hetero) is 2. The minimum atomic E-state index is -1.82. The smallest absolute Gasteiger partial charge is 0.230 e. The predicted octanol–water partition coefficient (Wildman–Crippen LogP) is 8.96. The van der Waals surface area contributed by atoms with Gasteiger partial charge in [-0.15, -0.1) is 0 Å². The van der Waals surface area contributed by atoms with Crippen LogP contribution in [0.1, 0.15) is 168 Å². The third kappa shape index (κ3) is 20.8. The molecule has 4 heteroatoms. The molecule has 0 spiro atoms. The minimum Gasteiger partial charge on any atom is -0.370 e. The summed E-state index contributed by atoms with van der Waals surface area (Å²) in [4.78, 5) is 26.1. The van der Waals surface area contributed by atoms with Crippen molar-refractivity contribution < 1.29 is 19.2 Å². The van der Waals surface area contributed by atoms with Gasteiger partial charge in [-0.25, -0.2) is 0 Å². The average Bonchev–Trinajstić information content (AvgIpc) is 2.84. The Bertz CT molecular complexity index is 514. The molecule has 37 heavy (non-hydrogen) atoms. The van der Waals surface area contributed by atoms with Crippen molar-refractivity contribution >= 4 is 11.6 Å². The van der Waals surface area contributed by atoms with Gasteiger partial charge in [-0.2, -0.15) is 0 Å². The molecule has 0 fully saturated rings. The molecule has 0 heterocycles. The van der Waals surface area contributed by atoms with E-state index in [0.717, 1.165) is 38.5 Å². The van der Waals surface area contributed by atoms with E-state index in [0.29, 0.717) is 17.3 Å². The molecule has 0 aliphatic carbocycles. The molecule has 0 aromatic rings. The lowest BCUT2D eigenvalue weighted by atomic mass is 9.86. The summed E-state index contributed by atoms with van der Waals surface area (Å²) >= 11 is 0. The maximum absolute atomic E-state index is 13.1. The van der Waals surface area contributed by atoms with Crippen LogP contribution in [-0.2, 0) is 9.59 Å². The van der Waals surface area contributed by atoms with Gasteiger partial charge >= 0.3 is 0 Å². The standard InChI is InChI=1S/C33H66NO3/c1-6-8-10-12-14-16-18-20-22-24-26-28-31(35)33(37,30-34(3,4)5)32(36)29-27-25-23-21-19-17-15-13-11-9-7-2/h37H,6-30H2,1-5H3/q+1. The summed E-state index contributed by atoms with van der Waals surface area (Å²) in [5.74, 6) is -0.519. The highest BCUT2D eigenvalue weighted by atomic mass is 16.3. The molecule has 0 saturated carbocycles. The zero-order valence-corrected chi connectivity index (χ0v) is 25.9. The van der Waals surface area contributed by atoms with Crippen LogP contribution in [0.4, 0.5) is 0 Å². The van der Waals surface area contributed by atoms with Crippen LogP contribution in [0.5, 0.6) is 0 Å². The number of aliphatic hydroxyl groups is 1. The number of hydrogen-bond donors (Lipinski definition) is 1. The summed E-state index contributed by atoms with van der Waals surface area (Å²) in [5, 5.41) is 11.3. The van der Waals surface area contributed by atoms with Crippen molar-refractivity contribution in [2.24, 2.45) is 0 Å². The number of quaternary nitrogens is 1. The quantitative estimate of drug-likeness (QED) is 0.0631. The van der Waals surface area contributed by atoms with Gasteiger partial charge in [-0.3, -0.25) is 9.59 Å².